The van der Waals surface area contributed by atoms with Crippen LogP contribution in [0.3, 0.4) is 0 Å². The molecule has 0 bridgehead atoms. The highest BCUT2D eigenvalue weighted by atomic mass is 35.5. The Bertz CT molecular complexity index is 563. The molecule has 1 unspecified atom stereocenters. The molecule has 0 saturated carbocycles. The van der Waals surface area contributed by atoms with Crippen molar-refractivity contribution in [3.05, 3.63) is 29.8 Å². The van der Waals surface area contributed by atoms with Crippen LogP contribution in [0, 0.1) is 11.7 Å². The number of halogens is 2. The zero-order valence-corrected chi connectivity index (χ0v) is 11.5. The van der Waals surface area contributed by atoms with Gasteiger partial charge in [-0.3, -0.25) is 0 Å². The molecular weight excluding hydrogens is 271 g/mol. The van der Waals surface area contributed by atoms with Gasteiger partial charge in [-0.25, -0.2) is 9.37 Å². The number of benzene rings is 1. The maximum atomic E-state index is 13.4. The SMILES string of the molecule is Fc1ccc2nc(CCl)n(CC3CCSC3)c2c1. The minimum atomic E-state index is -0.217. The van der Waals surface area contributed by atoms with Crippen LogP contribution in [-0.2, 0) is 12.4 Å². The third-order valence-corrected chi connectivity index (χ3v) is 4.84. The van der Waals surface area contributed by atoms with Crippen LogP contribution in [0.25, 0.3) is 11.0 Å². The number of hydrogen-bond acceptors (Lipinski definition) is 2. The van der Waals surface area contributed by atoms with Crippen molar-refractivity contribution < 1.29 is 4.39 Å². The molecule has 1 aliphatic heterocycles. The van der Waals surface area contributed by atoms with Crippen molar-refractivity contribution in [2.75, 3.05) is 11.5 Å². The van der Waals surface area contributed by atoms with Crippen LogP contribution in [0.4, 0.5) is 4.39 Å². The fourth-order valence-corrected chi connectivity index (χ4v) is 3.91. The van der Waals surface area contributed by atoms with Crippen molar-refractivity contribution in [2.45, 2.75) is 18.8 Å². The number of imidazole rings is 1. The van der Waals surface area contributed by atoms with E-state index in [4.69, 9.17) is 11.6 Å². The zero-order valence-electron chi connectivity index (χ0n) is 9.90. The second-order valence-electron chi connectivity index (χ2n) is 4.63. The molecule has 2 aromatic rings. The van der Waals surface area contributed by atoms with E-state index >= 15 is 0 Å². The molecule has 0 spiro atoms. The molecule has 0 N–H and O–H groups in total. The second-order valence-corrected chi connectivity index (χ2v) is 6.05. The van der Waals surface area contributed by atoms with Crippen LogP contribution >= 0.6 is 23.4 Å². The van der Waals surface area contributed by atoms with E-state index in [0.717, 1.165) is 23.4 Å². The molecule has 5 heteroatoms. The van der Waals surface area contributed by atoms with E-state index in [-0.39, 0.29) is 5.82 Å². The summed E-state index contributed by atoms with van der Waals surface area (Å²) in [5.41, 5.74) is 1.69. The summed E-state index contributed by atoms with van der Waals surface area (Å²) in [4.78, 5) is 4.47. The molecule has 1 fully saturated rings. The van der Waals surface area contributed by atoms with Gasteiger partial charge in [0.1, 0.15) is 11.6 Å². The summed E-state index contributed by atoms with van der Waals surface area (Å²) in [6.07, 6.45) is 1.22. The lowest BCUT2D eigenvalue weighted by molar-refractivity contribution is 0.492. The Morgan fingerprint density at radius 1 is 1.50 bits per heavy atom. The van der Waals surface area contributed by atoms with E-state index in [0.29, 0.717) is 11.8 Å². The summed E-state index contributed by atoms with van der Waals surface area (Å²) in [6, 6.07) is 4.73. The van der Waals surface area contributed by atoms with Gasteiger partial charge in [0.15, 0.2) is 0 Å². The number of nitrogens with zero attached hydrogens (tertiary/aromatic N) is 2. The molecule has 0 aliphatic carbocycles. The van der Waals surface area contributed by atoms with Gasteiger partial charge < -0.3 is 4.57 Å². The average Bonchev–Trinajstić information content (AvgIpc) is 2.98. The van der Waals surface area contributed by atoms with Crippen molar-refractivity contribution in [3.8, 4) is 0 Å². The molecular formula is C13H14ClFN2S. The largest absolute Gasteiger partial charge is 0.327 e. The van der Waals surface area contributed by atoms with Crippen molar-refractivity contribution in [2.24, 2.45) is 5.92 Å². The minimum absolute atomic E-state index is 0.217. The fourth-order valence-electron chi connectivity index (χ4n) is 2.44. The van der Waals surface area contributed by atoms with Crippen LogP contribution in [0.15, 0.2) is 18.2 Å². The maximum absolute atomic E-state index is 13.4. The molecule has 0 amide bonds. The first kappa shape index (κ1) is 12.3. The molecule has 1 aliphatic rings. The molecule has 1 saturated heterocycles. The monoisotopic (exact) mass is 284 g/mol. The topological polar surface area (TPSA) is 17.8 Å². The summed E-state index contributed by atoms with van der Waals surface area (Å²) in [5, 5.41) is 0. The van der Waals surface area contributed by atoms with E-state index in [1.54, 1.807) is 12.1 Å². The van der Waals surface area contributed by atoms with Crippen molar-refractivity contribution >= 4 is 34.4 Å². The van der Waals surface area contributed by atoms with Gasteiger partial charge in [0.25, 0.3) is 0 Å². The summed E-state index contributed by atoms with van der Waals surface area (Å²) >= 11 is 7.93. The lowest BCUT2D eigenvalue weighted by Gasteiger charge is -2.12. The Labute approximate surface area is 115 Å². The Hall–Kier alpha value is -0.740. The molecule has 96 valence electrons. The predicted molar refractivity (Wildman–Crippen MR) is 74.7 cm³/mol. The molecule has 18 heavy (non-hydrogen) atoms. The molecule has 1 atom stereocenters. The number of hydrogen-bond donors (Lipinski definition) is 0. The van der Waals surface area contributed by atoms with E-state index in [9.17, 15) is 4.39 Å². The Morgan fingerprint density at radius 2 is 2.39 bits per heavy atom. The van der Waals surface area contributed by atoms with Crippen LogP contribution in [-0.4, -0.2) is 21.1 Å². The average molecular weight is 285 g/mol. The van der Waals surface area contributed by atoms with Gasteiger partial charge in [-0.15, -0.1) is 11.6 Å². The Morgan fingerprint density at radius 3 is 3.11 bits per heavy atom. The minimum Gasteiger partial charge on any atom is -0.327 e. The molecule has 2 heterocycles. The van der Waals surface area contributed by atoms with Gasteiger partial charge >= 0.3 is 0 Å². The zero-order chi connectivity index (χ0) is 12.5. The van der Waals surface area contributed by atoms with Gasteiger partial charge in [0.05, 0.1) is 16.9 Å². The van der Waals surface area contributed by atoms with E-state index in [1.165, 1.54) is 24.0 Å². The number of thioether (sulfide) groups is 1. The predicted octanol–water partition coefficient (Wildman–Crippen LogP) is 3.67. The van der Waals surface area contributed by atoms with Crippen LogP contribution in [0.2, 0.25) is 0 Å². The van der Waals surface area contributed by atoms with Crippen LogP contribution in [0.5, 0.6) is 0 Å². The lowest BCUT2D eigenvalue weighted by atomic mass is 10.1. The second kappa shape index (κ2) is 5.10. The number of alkyl halides is 1. The lowest BCUT2D eigenvalue weighted by Crippen LogP contribution is -2.12. The standard InChI is InChI=1S/C13H14ClFN2S/c14-6-13-16-11-2-1-10(15)5-12(11)17(13)7-9-3-4-18-8-9/h1-2,5,9H,3-4,6-8H2. The summed E-state index contributed by atoms with van der Waals surface area (Å²) in [5.74, 6) is 4.05. The van der Waals surface area contributed by atoms with Crippen LogP contribution in [0.1, 0.15) is 12.2 Å². The molecule has 2 nitrogen and oxygen atoms in total. The molecule has 3 rings (SSSR count). The normalized spacial score (nSPS) is 19.8. The molecule has 0 radical (unpaired) electrons. The number of fused-ring (bicyclic) bond motifs is 1. The van der Waals surface area contributed by atoms with Gasteiger partial charge in [0.2, 0.25) is 0 Å². The molecule has 1 aromatic carbocycles. The van der Waals surface area contributed by atoms with Gasteiger partial charge in [-0.1, -0.05) is 0 Å². The smallest absolute Gasteiger partial charge is 0.125 e. The first-order chi connectivity index (χ1) is 8.78. The summed E-state index contributed by atoms with van der Waals surface area (Å²) in [6.45, 7) is 0.898. The fraction of sp³-hybridized carbons (Fsp3) is 0.462. The third-order valence-electron chi connectivity index (χ3n) is 3.37. The van der Waals surface area contributed by atoms with Gasteiger partial charge in [-0.2, -0.15) is 11.8 Å². The summed E-state index contributed by atoms with van der Waals surface area (Å²) < 4.78 is 15.5. The molecule has 1 aromatic heterocycles. The van der Waals surface area contributed by atoms with Crippen molar-refractivity contribution in [3.63, 3.8) is 0 Å². The maximum Gasteiger partial charge on any atom is 0.125 e. The van der Waals surface area contributed by atoms with E-state index < -0.39 is 0 Å². The first-order valence-electron chi connectivity index (χ1n) is 6.06. The number of rotatable bonds is 3. The highest BCUT2D eigenvalue weighted by molar-refractivity contribution is 7.99. The quantitative estimate of drug-likeness (QED) is 0.801. The van der Waals surface area contributed by atoms with Crippen molar-refractivity contribution in [1.29, 1.82) is 0 Å². The van der Waals surface area contributed by atoms with Crippen LogP contribution < -0.4 is 0 Å². The highest BCUT2D eigenvalue weighted by Gasteiger charge is 2.19. The summed E-state index contributed by atoms with van der Waals surface area (Å²) in [7, 11) is 0. The first-order valence-corrected chi connectivity index (χ1v) is 7.75. The van der Waals surface area contributed by atoms with Crippen molar-refractivity contribution in [1.82, 2.24) is 9.55 Å². The Kier molecular flexibility index (Phi) is 3.48. The Balaban J connectivity index is 2.03. The number of aromatic nitrogens is 2. The van der Waals surface area contributed by atoms with Gasteiger partial charge in [0, 0.05) is 6.54 Å². The van der Waals surface area contributed by atoms with E-state index in [1.807, 2.05) is 11.8 Å². The highest BCUT2D eigenvalue weighted by Crippen LogP contribution is 2.27. The van der Waals surface area contributed by atoms with E-state index in [2.05, 4.69) is 9.55 Å². The third kappa shape index (κ3) is 2.24. The van der Waals surface area contributed by atoms with Gasteiger partial charge in [-0.05, 0) is 42.0 Å².